The number of aromatic amines is 4. The number of aromatic nitrogens is 4. The van der Waals surface area contributed by atoms with Crippen LogP contribution in [-0.4, -0.2) is 26.4 Å². The molecule has 158 valence electrons. The highest BCUT2D eigenvalue weighted by Gasteiger charge is 2.30. The van der Waals surface area contributed by atoms with Crippen molar-refractivity contribution >= 4 is 17.6 Å². The summed E-state index contributed by atoms with van der Waals surface area (Å²) in [5.74, 6) is -1.10. The van der Waals surface area contributed by atoms with Crippen LogP contribution in [0.2, 0.25) is 5.02 Å². The van der Waals surface area contributed by atoms with Crippen molar-refractivity contribution in [2.24, 2.45) is 0 Å². The van der Waals surface area contributed by atoms with E-state index in [1.54, 1.807) is 62.4 Å². The first-order valence-corrected chi connectivity index (χ1v) is 9.85. The first-order chi connectivity index (χ1) is 14.9. The molecule has 0 unspecified atom stereocenters. The zero-order valence-corrected chi connectivity index (χ0v) is 17.5. The van der Waals surface area contributed by atoms with E-state index in [0.717, 1.165) is 0 Å². The summed E-state index contributed by atoms with van der Waals surface area (Å²) in [7, 11) is 0. The smallest absolute Gasteiger partial charge is 0.343 e. The first-order valence-electron chi connectivity index (χ1n) is 9.47. The molecule has 31 heavy (non-hydrogen) atoms. The predicted octanol–water partition coefficient (Wildman–Crippen LogP) is 3.39. The first kappa shape index (κ1) is 20.5. The van der Waals surface area contributed by atoms with E-state index in [1.165, 1.54) is 0 Å². The van der Waals surface area contributed by atoms with Crippen molar-refractivity contribution in [1.82, 2.24) is 20.4 Å². The molecular weight excluding hydrogens is 420 g/mol. The summed E-state index contributed by atoms with van der Waals surface area (Å²) in [6.07, 6.45) is 0. The highest BCUT2D eigenvalue weighted by atomic mass is 35.5. The van der Waals surface area contributed by atoms with Gasteiger partial charge in [0, 0.05) is 22.0 Å². The molecule has 4 N–H and O–H groups in total. The number of hydrogen-bond donors (Lipinski definition) is 4. The molecule has 2 heterocycles. The third-order valence-electron chi connectivity index (χ3n) is 5.11. The number of ether oxygens (including phenoxy) is 1. The van der Waals surface area contributed by atoms with Crippen molar-refractivity contribution in [1.29, 1.82) is 0 Å². The van der Waals surface area contributed by atoms with E-state index in [0.29, 0.717) is 38.7 Å². The molecule has 0 bridgehead atoms. The van der Waals surface area contributed by atoms with Gasteiger partial charge in [-0.25, -0.2) is 4.79 Å². The van der Waals surface area contributed by atoms with Gasteiger partial charge in [0.1, 0.15) is 5.75 Å². The van der Waals surface area contributed by atoms with E-state index in [2.05, 4.69) is 20.4 Å². The number of halogens is 1. The van der Waals surface area contributed by atoms with E-state index >= 15 is 0 Å². The minimum atomic E-state index is -0.765. The van der Waals surface area contributed by atoms with Gasteiger partial charge in [0.05, 0.1) is 22.6 Å². The molecular formula is C22H19ClN4O4. The van der Waals surface area contributed by atoms with Crippen molar-refractivity contribution in [2.45, 2.75) is 19.8 Å². The van der Waals surface area contributed by atoms with E-state index in [4.69, 9.17) is 16.3 Å². The maximum atomic E-state index is 12.7. The van der Waals surface area contributed by atoms with Crippen LogP contribution in [0.25, 0.3) is 0 Å². The monoisotopic (exact) mass is 438 g/mol. The van der Waals surface area contributed by atoms with Gasteiger partial charge in [-0.3, -0.25) is 19.8 Å². The van der Waals surface area contributed by atoms with Crippen molar-refractivity contribution < 1.29 is 9.53 Å². The molecule has 0 aliphatic heterocycles. The SMILES string of the molecule is Cc1[nH][nH]c(=O)c1C(c1ccccc1OC(=O)c1ccc(Cl)cc1)c1c(C)[nH][nH]c1=O. The lowest BCUT2D eigenvalue weighted by Crippen LogP contribution is -2.21. The van der Waals surface area contributed by atoms with Crippen LogP contribution in [0.5, 0.6) is 5.75 Å². The second kappa shape index (κ2) is 8.16. The fourth-order valence-corrected chi connectivity index (χ4v) is 3.74. The lowest BCUT2D eigenvalue weighted by molar-refractivity contribution is 0.0733. The van der Waals surface area contributed by atoms with Gasteiger partial charge in [-0.05, 0) is 44.2 Å². The van der Waals surface area contributed by atoms with E-state index in [-0.39, 0.29) is 16.9 Å². The molecule has 0 radical (unpaired) electrons. The van der Waals surface area contributed by atoms with Crippen molar-refractivity contribution in [3.63, 3.8) is 0 Å². The van der Waals surface area contributed by atoms with Crippen LogP contribution in [0.4, 0.5) is 0 Å². The van der Waals surface area contributed by atoms with Crippen LogP contribution in [0.15, 0.2) is 58.1 Å². The molecule has 0 amide bonds. The van der Waals surface area contributed by atoms with E-state index < -0.39 is 11.9 Å². The lowest BCUT2D eigenvalue weighted by Gasteiger charge is -2.19. The highest BCUT2D eigenvalue weighted by molar-refractivity contribution is 6.30. The molecule has 0 saturated carbocycles. The van der Waals surface area contributed by atoms with E-state index in [9.17, 15) is 14.4 Å². The molecule has 0 atom stereocenters. The maximum absolute atomic E-state index is 12.7. The summed E-state index contributed by atoms with van der Waals surface area (Å²) in [5.41, 5.74) is 1.99. The second-order valence-corrected chi connectivity index (χ2v) is 7.54. The van der Waals surface area contributed by atoms with E-state index in [1.807, 2.05) is 0 Å². The molecule has 8 nitrogen and oxygen atoms in total. The lowest BCUT2D eigenvalue weighted by atomic mass is 9.85. The Labute approximate surface area is 181 Å². The highest BCUT2D eigenvalue weighted by Crippen LogP contribution is 2.36. The van der Waals surface area contributed by atoms with Crippen molar-refractivity contribution in [2.75, 3.05) is 0 Å². The third kappa shape index (κ3) is 3.85. The predicted molar refractivity (Wildman–Crippen MR) is 116 cm³/mol. The summed E-state index contributed by atoms with van der Waals surface area (Å²) >= 11 is 5.89. The third-order valence-corrected chi connectivity index (χ3v) is 5.37. The Morgan fingerprint density at radius 1 is 0.839 bits per heavy atom. The van der Waals surface area contributed by atoms with Crippen molar-refractivity contribution in [3.8, 4) is 5.75 Å². The number of esters is 1. The fourth-order valence-electron chi connectivity index (χ4n) is 3.62. The molecule has 0 fully saturated rings. The van der Waals surface area contributed by atoms with Gasteiger partial charge in [0.15, 0.2) is 0 Å². The summed E-state index contributed by atoms with van der Waals surface area (Å²) < 4.78 is 5.68. The standard InChI is InChI=1S/C22H19ClN4O4/c1-11-17(20(28)26-24-11)19(18-12(2)25-27-21(18)29)15-5-3-4-6-16(15)31-22(30)13-7-9-14(23)10-8-13/h3-10,19H,1-2H3,(H2,24,26,28)(H2,25,27,29). The van der Waals surface area contributed by atoms with Crippen LogP contribution in [0.1, 0.15) is 44.4 Å². The quantitative estimate of drug-likeness (QED) is 0.281. The Kier molecular flexibility index (Phi) is 5.39. The number of nitrogens with one attached hydrogen (secondary N) is 4. The van der Waals surface area contributed by atoms with Gasteiger partial charge < -0.3 is 14.9 Å². The summed E-state index contributed by atoms with van der Waals surface area (Å²) in [4.78, 5) is 38.0. The number of aryl methyl sites for hydroxylation is 2. The van der Waals surface area contributed by atoms with Crippen LogP contribution in [0, 0.1) is 13.8 Å². The Morgan fingerprint density at radius 2 is 1.39 bits per heavy atom. The Bertz CT molecular complexity index is 1310. The molecule has 2 aromatic heterocycles. The summed E-state index contributed by atoms with van der Waals surface area (Å²) in [6.45, 7) is 3.47. The number of rotatable bonds is 5. The average molecular weight is 439 g/mol. The number of hydrogen-bond acceptors (Lipinski definition) is 4. The molecule has 4 aromatic rings. The van der Waals surface area contributed by atoms with Gasteiger partial charge >= 0.3 is 5.97 Å². The average Bonchev–Trinajstić information content (AvgIpc) is 3.26. The normalized spacial score (nSPS) is 11.1. The number of H-pyrrole nitrogens is 4. The minimum Gasteiger partial charge on any atom is -0.423 e. The minimum absolute atomic E-state index is 0.243. The fraction of sp³-hybridized carbons (Fsp3) is 0.136. The summed E-state index contributed by atoms with van der Waals surface area (Å²) in [6, 6.07) is 13.1. The number of carbonyl (C=O) groups excluding carboxylic acids is 1. The van der Waals surface area contributed by atoms with Gasteiger partial charge in [-0.2, -0.15) is 0 Å². The Hall–Kier alpha value is -3.78. The molecule has 0 saturated heterocycles. The zero-order chi connectivity index (χ0) is 22.1. The molecule has 2 aromatic carbocycles. The largest absolute Gasteiger partial charge is 0.423 e. The van der Waals surface area contributed by atoms with Gasteiger partial charge in [-0.15, -0.1) is 0 Å². The van der Waals surface area contributed by atoms with Gasteiger partial charge in [0.25, 0.3) is 11.1 Å². The molecule has 0 aliphatic rings. The number of carbonyl (C=O) groups is 1. The topological polar surface area (TPSA) is 124 Å². The Morgan fingerprint density at radius 3 is 1.90 bits per heavy atom. The molecule has 4 rings (SSSR count). The second-order valence-electron chi connectivity index (χ2n) is 7.10. The molecule has 9 heteroatoms. The van der Waals surface area contributed by atoms with Crippen LogP contribution >= 0.6 is 11.6 Å². The van der Waals surface area contributed by atoms with Crippen LogP contribution in [0.3, 0.4) is 0 Å². The number of para-hydroxylation sites is 1. The molecule has 0 spiro atoms. The number of benzene rings is 2. The summed E-state index contributed by atoms with van der Waals surface area (Å²) in [5, 5.41) is 11.2. The Balaban J connectivity index is 1.86. The van der Waals surface area contributed by atoms with Crippen LogP contribution in [-0.2, 0) is 0 Å². The zero-order valence-electron chi connectivity index (χ0n) is 16.7. The van der Waals surface area contributed by atoms with Crippen molar-refractivity contribution in [3.05, 3.63) is 108 Å². The van der Waals surface area contributed by atoms with Gasteiger partial charge in [-0.1, -0.05) is 29.8 Å². The maximum Gasteiger partial charge on any atom is 0.343 e. The van der Waals surface area contributed by atoms with Crippen LogP contribution < -0.4 is 15.9 Å². The van der Waals surface area contributed by atoms with Gasteiger partial charge in [0.2, 0.25) is 0 Å². The molecule has 0 aliphatic carbocycles.